The zero-order valence-corrected chi connectivity index (χ0v) is 13.5. The van der Waals surface area contributed by atoms with E-state index in [-0.39, 0.29) is 0 Å². The van der Waals surface area contributed by atoms with Crippen LogP contribution < -0.4 is 5.32 Å². The molecule has 3 rings (SSSR count). The summed E-state index contributed by atoms with van der Waals surface area (Å²) in [5, 5.41) is 3.47. The van der Waals surface area contributed by atoms with Crippen LogP contribution in [0.25, 0.3) is 0 Å². The number of thioether (sulfide) groups is 1. The number of aromatic nitrogens is 2. The van der Waals surface area contributed by atoms with Crippen molar-refractivity contribution in [3.05, 3.63) is 52.5 Å². The van der Waals surface area contributed by atoms with Crippen LogP contribution in [0.2, 0.25) is 0 Å². The molecule has 0 radical (unpaired) electrons. The molecule has 4 heteroatoms. The highest BCUT2D eigenvalue weighted by molar-refractivity contribution is 7.98. The smallest absolute Gasteiger partial charge is 0.135 e. The normalized spacial score (nSPS) is 13.2. The number of rotatable bonds is 5. The summed E-state index contributed by atoms with van der Waals surface area (Å²) >= 11 is 1.92. The Morgan fingerprint density at radius 1 is 1.14 bits per heavy atom. The van der Waals surface area contributed by atoms with E-state index in [1.54, 1.807) is 0 Å². The maximum atomic E-state index is 4.77. The standard InChI is InChI=1S/C17H21N3S/c1-3-8-18-17-14-10-21-11-15(14)19-16(20-17)9-13-6-4-12(2)5-7-13/h4-7H,3,8-11H2,1-2H3,(H,18,19,20). The third kappa shape index (κ3) is 3.38. The van der Waals surface area contributed by atoms with E-state index in [0.29, 0.717) is 0 Å². The van der Waals surface area contributed by atoms with Crippen LogP contribution in [0.5, 0.6) is 0 Å². The minimum absolute atomic E-state index is 0.805. The van der Waals surface area contributed by atoms with E-state index in [1.807, 2.05) is 11.8 Å². The number of fused-ring (bicyclic) bond motifs is 1. The number of benzene rings is 1. The van der Waals surface area contributed by atoms with Crippen molar-refractivity contribution in [2.24, 2.45) is 0 Å². The molecule has 1 aliphatic rings. The molecule has 0 atom stereocenters. The lowest BCUT2D eigenvalue weighted by atomic mass is 10.1. The molecule has 1 aromatic heterocycles. The van der Waals surface area contributed by atoms with E-state index in [2.05, 4.69) is 43.4 Å². The van der Waals surface area contributed by atoms with E-state index in [9.17, 15) is 0 Å². The molecule has 0 unspecified atom stereocenters. The maximum Gasteiger partial charge on any atom is 0.135 e. The number of hydrogen-bond acceptors (Lipinski definition) is 4. The fourth-order valence-electron chi connectivity index (χ4n) is 2.46. The highest BCUT2D eigenvalue weighted by Crippen LogP contribution is 2.33. The molecule has 1 aliphatic heterocycles. The van der Waals surface area contributed by atoms with Gasteiger partial charge in [0, 0.05) is 30.0 Å². The van der Waals surface area contributed by atoms with Crippen molar-refractivity contribution in [1.82, 2.24) is 9.97 Å². The summed E-state index contributed by atoms with van der Waals surface area (Å²) in [6, 6.07) is 8.63. The van der Waals surface area contributed by atoms with Crippen LogP contribution >= 0.6 is 11.8 Å². The van der Waals surface area contributed by atoms with Crippen LogP contribution in [-0.4, -0.2) is 16.5 Å². The van der Waals surface area contributed by atoms with Crippen LogP contribution in [0.1, 0.15) is 41.6 Å². The highest BCUT2D eigenvalue weighted by Gasteiger charge is 2.19. The summed E-state index contributed by atoms with van der Waals surface area (Å²) in [6.07, 6.45) is 1.91. The van der Waals surface area contributed by atoms with Crippen LogP contribution in [0.3, 0.4) is 0 Å². The quantitative estimate of drug-likeness (QED) is 0.907. The molecule has 0 amide bonds. The molecule has 0 saturated carbocycles. The molecule has 2 heterocycles. The summed E-state index contributed by atoms with van der Waals surface area (Å²) < 4.78 is 0. The van der Waals surface area contributed by atoms with Gasteiger partial charge in [-0.05, 0) is 18.9 Å². The van der Waals surface area contributed by atoms with Crippen molar-refractivity contribution in [2.75, 3.05) is 11.9 Å². The predicted octanol–water partition coefficient (Wildman–Crippen LogP) is 3.94. The first-order chi connectivity index (χ1) is 10.3. The zero-order valence-electron chi connectivity index (χ0n) is 12.6. The van der Waals surface area contributed by atoms with Gasteiger partial charge < -0.3 is 5.32 Å². The van der Waals surface area contributed by atoms with Crippen LogP contribution in [0.4, 0.5) is 5.82 Å². The van der Waals surface area contributed by atoms with E-state index in [0.717, 1.165) is 42.5 Å². The monoisotopic (exact) mass is 299 g/mol. The predicted molar refractivity (Wildman–Crippen MR) is 89.8 cm³/mol. The zero-order chi connectivity index (χ0) is 14.7. The Hall–Kier alpha value is -1.55. The molecule has 1 aromatic carbocycles. The summed E-state index contributed by atoms with van der Waals surface area (Å²) in [7, 11) is 0. The van der Waals surface area contributed by atoms with Gasteiger partial charge in [0.2, 0.25) is 0 Å². The molecule has 0 aliphatic carbocycles. The molecule has 3 nitrogen and oxygen atoms in total. The summed E-state index contributed by atoms with van der Waals surface area (Å²) in [4.78, 5) is 9.53. The first-order valence-electron chi connectivity index (χ1n) is 7.52. The topological polar surface area (TPSA) is 37.8 Å². The Labute approximate surface area is 130 Å². The minimum atomic E-state index is 0.805. The lowest BCUT2D eigenvalue weighted by Gasteiger charge is -2.11. The van der Waals surface area contributed by atoms with Gasteiger partial charge in [0.15, 0.2) is 0 Å². The first-order valence-corrected chi connectivity index (χ1v) is 8.67. The maximum absolute atomic E-state index is 4.77. The molecule has 21 heavy (non-hydrogen) atoms. The van der Waals surface area contributed by atoms with Gasteiger partial charge in [-0.15, -0.1) is 0 Å². The summed E-state index contributed by atoms with van der Waals surface area (Å²) in [5.74, 6) is 4.03. The molecule has 0 bridgehead atoms. The Balaban J connectivity index is 1.86. The number of hydrogen-bond donors (Lipinski definition) is 1. The van der Waals surface area contributed by atoms with Gasteiger partial charge in [-0.1, -0.05) is 36.8 Å². The molecular weight excluding hydrogens is 278 g/mol. The van der Waals surface area contributed by atoms with Gasteiger partial charge in [0.1, 0.15) is 11.6 Å². The van der Waals surface area contributed by atoms with Gasteiger partial charge in [-0.3, -0.25) is 0 Å². The third-order valence-corrected chi connectivity index (χ3v) is 4.62. The van der Waals surface area contributed by atoms with Gasteiger partial charge in [-0.2, -0.15) is 11.8 Å². The second kappa shape index (κ2) is 6.48. The second-order valence-corrected chi connectivity index (χ2v) is 6.48. The van der Waals surface area contributed by atoms with Crippen molar-refractivity contribution in [3.63, 3.8) is 0 Å². The van der Waals surface area contributed by atoms with Crippen LogP contribution in [0.15, 0.2) is 24.3 Å². The Bertz CT molecular complexity index is 623. The Morgan fingerprint density at radius 2 is 1.95 bits per heavy atom. The van der Waals surface area contributed by atoms with E-state index in [1.165, 1.54) is 22.4 Å². The molecular formula is C17H21N3S. The number of anilines is 1. The first kappa shape index (κ1) is 14.4. The fraction of sp³-hybridized carbons (Fsp3) is 0.412. The summed E-state index contributed by atoms with van der Waals surface area (Å²) in [5.41, 5.74) is 5.08. The Morgan fingerprint density at radius 3 is 2.71 bits per heavy atom. The van der Waals surface area contributed by atoms with Gasteiger partial charge in [0.05, 0.1) is 5.69 Å². The van der Waals surface area contributed by atoms with Gasteiger partial charge in [0.25, 0.3) is 0 Å². The minimum Gasteiger partial charge on any atom is -0.370 e. The van der Waals surface area contributed by atoms with Crippen molar-refractivity contribution in [3.8, 4) is 0 Å². The van der Waals surface area contributed by atoms with Crippen LogP contribution in [-0.2, 0) is 17.9 Å². The number of nitrogens with zero attached hydrogens (tertiary/aromatic N) is 2. The largest absolute Gasteiger partial charge is 0.370 e. The van der Waals surface area contributed by atoms with Gasteiger partial charge in [-0.25, -0.2) is 9.97 Å². The Kier molecular flexibility index (Phi) is 4.44. The average Bonchev–Trinajstić information content (AvgIpc) is 2.95. The molecule has 1 N–H and O–H groups in total. The van der Waals surface area contributed by atoms with Crippen molar-refractivity contribution >= 4 is 17.6 Å². The van der Waals surface area contributed by atoms with Crippen molar-refractivity contribution in [2.45, 2.75) is 38.2 Å². The molecule has 0 saturated heterocycles. The SMILES string of the molecule is CCCNc1nc(Cc2ccc(C)cc2)nc2c1CSC2. The van der Waals surface area contributed by atoms with Crippen molar-refractivity contribution in [1.29, 1.82) is 0 Å². The second-order valence-electron chi connectivity index (χ2n) is 5.50. The van der Waals surface area contributed by atoms with E-state index >= 15 is 0 Å². The lowest BCUT2D eigenvalue weighted by molar-refractivity contribution is 0.905. The van der Waals surface area contributed by atoms with E-state index < -0.39 is 0 Å². The lowest BCUT2D eigenvalue weighted by Crippen LogP contribution is -2.10. The fourth-order valence-corrected chi connectivity index (χ4v) is 3.50. The molecule has 110 valence electrons. The number of aryl methyl sites for hydroxylation is 1. The highest BCUT2D eigenvalue weighted by atomic mass is 32.2. The third-order valence-electron chi connectivity index (χ3n) is 3.65. The van der Waals surface area contributed by atoms with Crippen LogP contribution in [0, 0.1) is 6.92 Å². The van der Waals surface area contributed by atoms with Gasteiger partial charge >= 0.3 is 0 Å². The average molecular weight is 299 g/mol. The van der Waals surface area contributed by atoms with Crippen molar-refractivity contribution < 1.29 is 0 Å². The molecule has 0 fully saturated rings. The molecule has 0 spiro atoms. The summed E-state index contributed by atoms with van der Waals surface area (Å²) in [6.45, 7) is 5.26. The number of nitrogens with one attached hydrogen (secondary N) is 1. The molecule has 2 aromatic rings. The van der Waals surface area contributed by atoms with E-state index in [4.69, 9.17) is 9.97 Å².